The third kappa shape index (κ3) is 3.08. The van der Waals surface area contributed by atoms with Gasteiger partial charge in [-0.3, -0.25) is 4.79 Å². The fraction of sp³-hybridized carbons (Fsp3) is 0.462. The molecule has 1 aliphatic rings. The van der Waals surface area contributed by atoms with Crippen molar-refractivity contribution in [2.24, 2.45) is 0 Å². The summed E-state index contributed by atoms with van der Waals surface area (Å²) in [6.45, 7) is 2.67. The lowest BCUT2D eigenvalue weighted by Gasteiger charge is -2.37. The maximum absolute atomic E-state index is 12.5. The highest BCUT2D eigenvalue weighted by atomic mass is 79.9. The molecule has 0 aliphatic carbocycles. The van der Waals surface area contributed by atoms with Crippen molar-refractivity contribution in [1.29, 1.82) is 0 Å². The van der Waals surface area contributed by atoms with Crippen LogP contribution >= 0.6 is 15.9 Å². The van der Waals surface area contributed by atoms with E-state index in [4.69, 9.17) is 15.6 Å². The fourth-order valence-electron chi connectivity index (χ4n) is 2.05. The number of nitrogens with zero attached hydrogens (tertiary/aromatic N) is 1. The van der Waals surface area contributed by atoms with Crippen molar-refractivity contribution in [2.75, 3.05) is 25.5 Å². The fourth-order valence-corrected chi connectivity index (χ4v) is 2.30. The number of hydrogen-bond donors (Lipinski definition) is 2. The highest BCUT2D eigenvalue weighted by Gasteiger charge is 2.29. The van der Waals surface area contributed by atoms with Crippen LogP contribution in [0.4, 0.5) is 5.69 Å². The van der Waals surface area contributed by atoms with Gasteiger partial charge < -0.3 is 20.5 Å². The van der Waals surface area contributed by atoms with Crippen molar-refractivity contribution >= 4 is 27.5 Å². The van der Waals surface area contributed by atoms with Crippen molar-refractivity contribution in [1.82, 2.24) is 4.90 Å². The van der Waals surface area contributed by atoms with Crippen molar-refractivity contribution in [3.05, 3.63) is 28.2 Å². The lowest BCUT2D eigenvalue weighted by molar-refractivity contribution is -0.0667. The number of anilines is 1. The minimum absolute atomic E-state index is 0.0137. The summed E-state index contributed by atoms with van der Waals surface area (Å²) < 4.78 is 6.19. The molecule has 1 aromatic carbocycles. The molecular formula is C13H17BrN2O3. The molecule has 1 amide bonds. The summed E-state index contributed by atoms with van der Waals surface area (Å²) >= 11 is 3.30. The number of aliphatic hydroxyl groups excluding tert-OH is 1. The van der Waals surface area contributed by atoms with Crippen LogP contribution in [0.25, 0.3) is 0 Å². The molecule has 19 heavy (non-hydrogen) atoms. The van der Waals surface area contributed by atoms with Gasteiger partial charge in [0.15, 0.2) is 0 Å². The average molecular weight is 329 g/mol. The van der Waals surface area contributed by atoms with E-state index < -0.39 is 0 Å². The van der Waals surface area contributed by atoms with Gasteiger partial charge >= 0.3 is 0 Å². The quantitative estimate of drug-likeness (QED) is 0.801. The Morgan fingerprint density at radius 1 is 1.63 bits per heavy atom. The van der Waals surface area contributed by atoms with E-state index in [9.17, 15) is 4.79 Å². The predicted molar refractivity (Wildman–Crippen MR) is 75.9 cm³/mol. The second-order valence-electron chi connectivity index (χ2n) is 4.68. The van der Waals surface area contributed by atoms with Crippen LogP contribution in [0.3, 0.4) is 0 Å². The van der Waals surface area contributed by atoms with Crippen LogP contribution in [0, 0.1) is 0 Å². The van der Waals surface area contributed by atoms with Gasteiger partial charge in [-0.1, -0.05) is 0 Å². The number of carbonyl (C=O) groups excluding carboxylic acids is 1. The van der Waals surface area contributed by atoms with Gasteiger partial charge in [0.25, 0.3) is 5.91 Å². The molecular weight excluding hydrogens is 312 g/mol. The lowest BCUT2D eigenvalue weighted by Crippen LogP contribution is -2.52. The molecule has 1 saturated heterocycles. The zero-order valence-corrected chi connectivity index (χ0v) is 12.3. The molecule has 0 aromatic heterocycles. The highest BCUT2D eigenvalue weighted by molar-refractivity contribution is 9.10. The van der Waals surface area contributed by atoms with Gasteiger partial charge in [0.05, 0.1) is 25.4 Å². The van der Waals surface area contributed by atoms with Gasteiger partial charge in [0.2, 0.25) is 0 Å². The Kier molecular flexibility index (Phi) is 4.44. The molecule has 1 heterocycles. The predicted octanol–water partition coefficient (Wildman–Crippen LogP) is 1.25. The minimum atomic E-state index is -0.312. The number of nitrogen functional groups attached to an aromatic ring is 1. The van der Waals surface area contributed by atoms with Gasteiger partial charge in [0.1, 0.15) is 0 Å². The molecule has 0 bridgehead atoms. The van der Waals surface area contributed by atoms with E-state index in [0.29, 0.717) is 24.4 Å². The maximum atomic E-state index is 12.5. The first-order valence-corrected chi connectivity index (χ1v) is 6.90. The normalized spacial score (nSPS) is 23.4. The number of rotatable bonds is 2. The summed E-state index contributed by atoms with van der Waals surface area (Å²) in [7, 11) is 0. The molecule has 3 N–H and O–H groups in total. The first-order chi connectivity index (χ1) is 9.02. The largest absolute Gasteiger partial charge is 0.398 e. The van der Waals surface area contributed by atoms with E-state index in [2.05, 4.69) is 15.9 Å². The zero-order chi connectivity index (χ0) is 14.0. The topological polar surface area (TPSA) is 75.8 Å². The number of halogens is 1. The Hall–Kier alpha value is -1.11. The van der Waals surface area contributed by atoms with Crippen molar-refractivity contribution in [3.63, 3.8) is 0 Å². The Balaban J connectivity index is 2.19. The van der Waals surface area contributed by atoms with Crippen molar-refractivity contribution < 1.29 is 14.6 Å². The Bertz CT molecular complexity index is 481. The minimum Gasteiger partial charge on any atom is -0.398 e. The smallest absolute Gasteiger partial charge is 0.254 e. The number of nitrogens with two attached hydrogens (primary N) is 1. The highest BCUT2D eigenvalue weighted by Crippen LogP contribution is 2.22. The van der Waals surface area contributed by atoms with E-state index in [1.54, 1.807) is 23.1 Å². The number of morpholine rings is 1. The van der Waals surface area contributed by atoms with Crippen LogP contribution in [0.1, 0.15) is 17.3 Å². The maximum Gasteiger partial charge on any atom is 0.254 e. The summed E-state index contributed by atoms with van der Waals surface area (Å²) in [5, 5.41) is 9.14. The van der Waals surface area contributed by atoms with Crippen LogP contribution < -0.4 is 5.73 Å². The number of aliphatic hydroxyl groups is 1. The molecule has 1 aliphatic heterocycles. The second kappa shape index (κ2) is 5.90. The van der Waals surface area contributed by atoms with E-state index in [1.807, 2.05) is 6.92 Å². The van der Waals surface area contributed by atoms with Crippen molar-refractivity contribution in [3.8, 4) is 0 Å². The summed E-state index contributed by atoms with van der Waals surface area (Å²) in [6.07, 6.45) is -0.312. The molecule has 104 valence electrons. The Labute approximate surface area is 120 Å². The van der Waals surface area contributed by atoms with Crippen LogP contribution in [0.5, 0.6) is 0 Å². The molecule has 5 nitrogen and oxygen atoms in total. The monoisotopic (exact) mass is 328 g/mol. The third-order valence-corrected chi connectivity index (χ3v) is 3.94. The van der Waals surface area contributed by atoms with Gasteiger partial charge in [0, 0.05) is 22.3 Å². The van der Waals surface area contributed by atoms with E-state index in [0.717, 1.165) is 4.47 Å². The van der Waals surface area contributed by atoms with E-state index in [1.165, 1.54) is 0 Å². The van der Waals surface area contributed by atoms with Crippen molar-refractivity contribution in [2.45, 2.75) is 19.1 Å². The van der Waals surface area contributed by atoms with Gasteiger partial charge in [-0.05, 0) is 41.1 Å². The molecule has 0 spiro atoms. The van der Waals surface area contributed by atoms with E-state index in [-0.39, 0.29) is 24.7 Å². The molecule has 0 saturated carbocycles. The standard InChI is InChI=1S/C13H17BrN2O3/c1-8-7-19-10(6-17)5-16(8)13(18)9-2-3-11(14)12(15)4-9/h2-4,8,10,17H,5-7,15H2,1H3. The summed E-state index contributed by atoms with van der Waals surface area (Å²) in [5.74, 6) is -0.0894. The third-order valence-electron chi connectivity index (χ3n) is 3.21. The second-order valence-corrected chi connectivity index (χ2v) is 5.54. The molecule has 1 aromatic rings. The lowest BCUT2D eigenvalue weighted by atomic mass is 10.1. The number of benzene rings is 1. The molecule has 2 rings (SSSR count). The Morgan fingerprint density at radius 2 is 2.37 bits per heavy atom. The zero-order valence-electron chi connectivity index (χ0n) is 10.7. The molecule has 2 unspecified atom stereocenters. The van der Waals surface area contributed by atoms with Crippen LogP contribution in [0.15, 0.2) is 22.7 Å². The van der Waals surface area contributed by atoms with Gasteiger partial charge in [-0.25, -0.2) is 0 Å². The van der Waals surface area contributed by atoms with Crippen LogP contribution in [-0.4, -0.2) is 47.8 Å². The molecule has 2 atom stereocenters. The van der Waals surface area contributed by atoms with E-state index >= 15 is 0 Å². The number of hydrogen-bond acceptors (Lipinski definition) is 4. The molecule has 1 fully saturated rings. The first-order valence-electron chi connectivity index (χ1n) is 6.11. The summed E-state index contributed by atoms with van der Waals surface area (Å²) in [4.78, 5) is 14.2. The Morgan fingerprint density at radius 3 is 3.00 bits per heavy atom. The molecule has 6 heteroatoms. The SMILES string of the molecule is CC1COC(CO)CN1C(=O)c1ccc(Br)c(N)c1. The van der Waals surface area contributed by atoms with Gasteiger partial charge in [-0.15, -0.1) is 0 Å². The summed E-state index contributed by atoms with van der Waals surface area (Å²) in [6, 6.07) is 5.14. The van der Waals surface area contributed by atoms with Crippen LogP contribution in [-0.2, 0) is 4.74 Å². The summed E-state index contributed by atoms with van der Waals surface area (Å²) in [5.41, 5.74) is 6.87. The number of carbonyl (C=O) groups is 1. The number of ether oxygens (including phenoxy) is 1. The number of amides is 1. The van der Waals surface area contributed by atoms with Crippen LogP contribution in [0.2, 0.25) is 0 Å². The average Bonchev–Trinajstić information content (AvgIpc) is 2.41. The molecule has 0 radical (unpaired) electrons. The van der Waals surface area contributed by atoms with Gasteiger partial charge in [-0.2, -0.15) is 0 Å². The first kappa shape index (κ1) is 14.3.